The summed E-state index contributed by atoms with van der Waals surface area (Å²) in [6.45, 7) is 3.39. The van der Waals surface area contributed by atoms with Crippen LogP contribution < -0.4 is 15.4 Å². The molecule has 0 unspecified atom stereocenters. The highest BCUT2D eigenvalue weighted by Crippen LogP contribution is 2.15. The summed E-state index contributed by atoms with van der Waals surface area (Å²) in [6, 6.07) is 25.5. The number of nitrogens with one attached hydrogen (secondary N) is 2. The fourth-order valence-electron chi connectivity index (χ4n) is 2.73. The van der Waals surface area contributed by atoms with Gasteiger partial charge in [0.25, 0.3) is 0 Å². The first-order valence-electron chi connectivity index (χ1n) is 9.12. The summed E-state index contributed by atoms with van der Waals surface area (Å²) >= 11 is 0. The second kappa shape index (κ2) is 9.43. The SMILES string of the molecule is CCOc1ccc(CNc2ccc(CC(=O)Nc3ccccc3)cc2)cc1. The van der Waals surface area contributed by atoms with Gasteiger partial charge in [0, 0.05) is 17.9 Å². The predicted octanol–water partition coefficient (Wildman–Crippen LogP) is 4.88. The molecule has 0 radical (unpaired) electrons. The summed E-state index contributed by atoms with van der Waals surface area (Å²) in [5, 5.41) is 6.29. The van der Waals surface area contributed by atoms with Crippen LogP contribution in [0.5, 0.6) is 5.75 Å². The number of hydrogen-bond acceptors (Lipinski definition) is 3. The molecule has 0 fully saturated rings. The number of hydrogen-bond donors (Lipinski definition) is 2. The molecule has 0 aliphatic carbocycles. The van der Waals surface area contributed by atoms with Gasteiger partial charge in [-0.1, -0.05) is 42.5 Å². The van der Waals surface area contributed by atoms with E-state index in [0.717, 1.165) is 29.2 Å². The molecule has 0 bridgehead atoms. The van der Waals surface area contributed by atoms with Crippen molar-refractivity contribution in [3.05, 3.63) is 90.0 Å². The summed E-state index contributed by atoms with van der Waals surface area (Å²) in [4.78, 5) is 12.1. The Balaban J connectivity index is 1.48. The van der Waals surface area contributed by atoms with Gasteiger partial charge in [-0.25, -0.2) is 0 Å². The van der Waals surface area contributed by atoms with Crippen molar-refractivity contribution in [2.75, 3.05) is 17.2 Å². The van der Waals surface area contributed by atoms with Crippen LogP contribution in [0.2, 0.25) is 0 Å². The summed E-state index contributed by atoms with van der Waals surface area (Å²) in [5.74, 6) is 0.871. The average Bonchev–Trinajstić information content (AvgIpc) is 2.69. The molecule has 0 aromatic heterocycles. The van der Waals surface area contributed by atoms with Gasteiger partial charge >= 0.3 is 0 Å². The lowest BCUT2D eigenvalue weighted by Crippen LogP contribution is -2.14. The van der Waals surface area contributed by atoms with Gasteiger partial charge in [0.15, 0.2) is 0 Å². The van der Waals surface area contributed by atoms with Gasteiger partial charge in [-0.3, -0.25) is 4.79 Å². The fourth-order valence-corrected chi connectivity index (χ4v) is 2.73. The number of anilines is 2. The van der Waals surface area contributed by atoms with Crippen LogP contribution in [0.3, 0.4) is 0 Å². The van der Waals surface area contributed by atoms with Crippen LogP contribution in [0.15, 0.2) is 78.9 Å². The van der Waals surface area contributed by atoms with E-state index in [1.165, 1.54) is 5.56 Å². The lowest BCUT2D eigenvalue weighted by molar-refractivity contribution is -0.115. The maximum Gasteiger partial charge on any atom is 0.228 e. The van der Waals surface area contributed by atoms with E-state index in [-0.39, 0.29) is 5.91 Å². The van der Waals surface area contributed by atoms with Crippen LogP contribution in [0.4, 0.5) is 11.4 Å². The Bertz CT molecular complexity index is 844. The van der Waals surface area contributed by atoms with Gasteiger partial charge in [0.1, 0.15) is 5.75 Å². The third-order valence-electron chi connectivity index (χ3n) is 4.11. The van der Waals surface area contributed by atoms with Crippen LogP contribution in [-0.2, 0) is 17.8 Å². The zero-order valence-electron chi connectivity index (χ0n) is 15.4. The Kier molecular flexibility index (Phi) is 6.47. The molecule has 4 heteroatoms. The molecule has 0 atom stereocenters. The molecule has 0 saturated heterocycles. The quantitative estimate of drug-likeness (QED) is 0.602. The zero-order chi connectivity index (χ0) is 18.9. The number of benzene rings is 3. The van der Waals surface area contributed by atoms with Gasteiger partial charge < -0.3 is 15.4 Å². The van der Waals surface area contributed by atoms with Crippen molar-refractivity contribution in [3.63, 3.8) is 0 Å². The Hall–Kier alpha value is -3.27. The third kappa shape index (κ3) is 5.89. The lowest BCUT2D eigenvalue weighted by atomic mass is 10.1. The minimum absolute atomic E-state index is 0.0173. The second-order valence-electron chi connectivity index (χ2n) is 6.22. The average molecular weight is 360 g/mol. The molecule has 0 aliphatic rings. The Labute approximate surface area is 160 Å². The van der Waals surface area contributed by atoms with Gasteiger partial charge in [-0.15, -0.1) is 0 Å². The number of para-hydroxylation sites is 1. The highest BCUT2D eigenvalue weighted by molar-refractivity contribution is 5.92. The molecule has 0 saturated carbocycles. The molecule has 0 aliphatic heterocycles. The minimum atomic E-state index is -0.0173. The molecular weight excluding hydrogens is 336 g/mol. The molecule has 4 nitrogen and oxygen atoms in total. The molecule has 0 heterocycles. The van der Waals surface area contributed by atoms with E-state index >= 15 is 0 Å². The first-order chi connectivity index (χ1) is 13.2. The third-order valence-corrected chi connectivity index (χ3v) is 4.11. The summed E-state index contributed by atoms with van der Waals surface area (Å²) in [6.07, 6.45) is 0.355. The number of rotatable bonds is 8. The van der Waals surface area contributed by atoms with Gasteiger partial charge in [-0.2, -0.15) is 0 Å². The first-order valence-corrected chi connectivity index (χ1v) is 9.12. The number of carbonyl (C=O) groups excluding carboxylic acids is 1. The highest BCUT2D eigenvalue weighted by Gasteiger charge is 2.04. The van der Waals surface area contributed by atoms with Crippen LogP contribution in [0, 0.1) is 0 Å². The zero-order valence-corrected chi connectivity index (χ0v) is 15.4. The van der Waals surface area contributed by atoms with Crippen molar-refractivity contribution in [1.29, 1.82) is 0 Å². The first kappa shape index (κ1) is 18.5. The topological polar surface area (TPSA) is 50.4 Å². The lowest BCUT2D eigenvalue weighted by Gasteiger charge is -2.09. The van der Waals surface area contributed by atoms with Crippen molar-refractivity contribution in [3.8, 4) is 5.75 Å². The summed E-state index contributed by atoms with van der Waals surface area (Å²) in [7, 11) is 0. The predicted molar refractivity (Wildman–Crippen MR) is 110 cm³/mol. The van der Waals surface area contributed by atoms with Crippen LogP contribution >= 0.6 is 0 Å². The standard InChI is InChI=1S/C23H24N2O2/c1-2-27-22-14-10-19(11-15-22)17-24-20-12-8-18(9-13-20)16-23(26)25-21-6-4-3-5-7-21/h3-15,24H,2,16-17H2,1H3,(H,25,26). The van der Waals surface area contributed by atoms with Crippen molar-refractivity contribution in [2.45, 2.75) is 19.9 Å². The van der Waals surface area contributed by atoms with Crippen LogP contribution in [0.1, 0.15) is 18.1 Å². The smallest absolute Gasteiger partial charge is 0.228 e. The van der Waals surface area contributed by atoms with E-state index in [1.54, 1.807) is 0 Å². The van der Waals surface area contributed by atoms with Crippen LogP contribution in [0.25, 0.3) is 0 Å². The Morgan fingerprint density at radius 2 is 1.48 bits per heavy atom. The maximum absolute atomic E-state index is 12.1. The number of carbonyl (C=O) groups is 1. The molecule has 138 valence electrons. The normalized spacial score (nSPS) is 10.3. The highest BCUT2D eigenvalue weighted by atomic mass is 16.5. The van der Waals surface area contributed by atoms with Gasteiger partial charge in [-0.05, 0) is 54.4 Å². The van der Waals surface area contributed by atoms with E-state index in [1.807, 2.05) is 73.7 Å². The second-order valence-corrected chi connectivity index (χ2v) is 6.22. The Morgan fingerprint density at radius 1 is 0.815 bits per heavy atom. The van der Waals surface area contributed by atoms with Gasteiger partial charge in [0.2, 0.25) is 5.91 Å². The van der Waals surface area contributed by atoms with E-state index in [4.69, 9.17) is 4.74 Å². The Morgan fingerprint density at radius 3 is 2.15 bits per heavy atom. The fraction of sp³-hybridized carbons (Fsp3) is 0.174. The molecule has 2 N–H and O–H groups in total. The summed E-state index contributed by atoms with van der Waals surface area (Å²) in [5.41, 5.74) is 4.01. The molecule has 27 heavy (non-hydrogen) atoms. The van der Waals surface area contributed by atoms with Crippen molar-refractivity contribution < 1.29 is 9.53 Å². The summed E-state index contributed by atoms with van der Waals surface area (Å²) < 4.78 is 5.45. The van der Waals surface area contributed by atoms with Crippen molar-refractivity contribution in [2.24, 2.45) is 0 Å². The van der Waals surface area contributed by atoms with Crippen LogP contribution in [-0.4, -0.2) is 12.5 Å². The molecule has 0 spiro atoms. The van der Waals surface area contributed by atoms with Crippen molar-refractivity contribution in [1.82, 2.24) is 0 Å². The molecule has 3 aromatic rings. The monoisotopic (exact) mass is 360 g/mol. The van der Waals surface area contributed by atoms with E-state index < -0.39 is 0 Å². The van der Waals surface area contributed by atoms with Gasteiger partial charge in [0.05, 0.1) is 13.0 Å². The molecule has 3 rings (SSSR count). The largest absolute Gasteiger partial charge is 0.494 e. The molecule has 3 aromatic carbocycles. The van der Waals surface area contributed by atoms with E-state index in [2.05, 4.69) is 22.8 Å². The molecular formula is C23H24N2O2. The number of amides is 1. The number of ether oxygens (including phenoxy) is 1. The van der Waals surface area contributed by atoms with Crippen molar-refractivity contribution >= 4 is 17.3 Å². The van der Waals surface area contributed by atoms with E-state index in [9.17, 15) is 4.79 Å². The maximum atomic E-state index is 12.1. The van der Waals surface area contributed by atoms with E-state index in [0.29, 0.717) is 13.0 Å². The molecule has 1 amide bonds. The minimum Gasteiger partial charge on any atom is -0.494 e.